The van der Waals surface area contributed by atoms with Crippen molar-refractivity contribution in [1.82, 2.24) is 0 Å². The SMILES string of the molecule is COc1ccc(-c2cc(-c3ccc(OC)cc3OC)[nH+]c(-c3ccc(OC)cc3OC)c2)c(OC)c1.[F][Sb-]([F])([F])([F])([F])[F]. The van der Waals surface area contributed by atoms with E-state index in [9.17, 15) is 16.9 Å². The molecule has 0 saturated heterocycles. The fourth-order valence-corrected chi connectivity index (χ4v) is 4.09. The number of ether oxygens (including phenoxy) is 6. The van der Waals surface area contributed by atoms with Crippen molar-refractivity contribution in [3.63, 3.8) is 0 Å². The molecule has 1 N–H and O–H groups in total. The minimum atomic E-state index is -11.2. The van der Waals surface area contributed by atoms with Gasteiger partial charge in [-0.1, -0.05) is 0 Å². The molecule has 0 bridgehead atoms. The van der Waals surface area contributed by atoms with Crippen LogP contribution in [0, 0.1) is 0 Å². The van der Waals surface area contributed by atoms with Gasteiger partial charge in [-0.3, -0.25) is 0 Å². The van der Waals surface area contributed by atoms with E-state index in [4.69, 9.17) is 28.4 Å². The molecule has 7 nitrogen and oxygen atoms in total. The van der Waals surface area contributed by atoms with E-state index in [-0.39, 0.29) is 0 Å². The van der Waals surface area contributed by atoms with Crippen LogP contribution in [0.25, 0.3) is 33.6 Å². The Bertz CT molecular complexity index is 1410. The van der Waals surface area contributed by atoms with Crippen LogP contribution >= 0.6 is 0 Å². The van der Waals surface area contributed by atoms with Gasteiger partial charge in [0.05, 0.1) is 53.8 Å². The second-order valence-corrected chi connectivity index (χ2v) is 14.3. The number of pyridine rings is 1. The first kappa shape index (κ1) is 33.5. The van der Waals surface area contributed by atoms with Crippen LogP contribution in [0.3, 0.4) is 0 Å². The Morgan fingerprint density at radius 2 is 0.744 bits per heavy atom. The van der Waals surface area contributed by atoms with E-state index in [2.05, 4.69) is 17.1 Å². The van der Waals surface area contributed by atoms with Gasteiger partial charge in [-0.25, -0.2) is 4.98 Å². The van der Waals surface area contributed by atoms with Gasteiger partial charge in [-0.05, 0) is 42.0 Å². The molecule has 0 amide bonds. The van der Waals surface area contributed by atoms with E-state index < -0.39 is 19.5 Å². The van der Waals surface area contributed by atoms with Crippen LogP contribution in [0.5, 0.6) is 34.5 Å². The Kier molecular flexibility index (Phi) is 9.60. The molecule has 43 heavy (non-hydrogen) atoms. The zero-order chi connectivity index (χ0) is 32.1. The van der Waals surface area contributed by atoms with Gasteiger partial charge in [0.25, 0.3) is 0 Å². The number of aromatic nitrogens is 1. The summed E-state index contributed by atoms with van der Waals surface area (Å²) in [6, 6.07) is 21.3. The molecule has 0 fully saturated rings. The molecule has 0 aliphatic carbocycles. The number of rotatable bonds is 9. The van der Waals surface area contributed by atoms with Crippen LogP contribution < -0.4 is 33.4 Å². The minimum absolute atomic E-state index is 0.678. The van der Waals surface area contributed by atoms with Crippen molar-refractivity contribution in [3.05, 3.63) is 66.7 Å². The Morgan fingerprint density at radius 3 is 1.05 bits per heavy atom. The van der Waals surface area contributed by atoms with E-state index in [1.807, 2.05) is 54.6 Å². The van der Waals surface area contributed by atoms with Crippen molar-refractivity contribution in [3.8, 4) is 68.1 Å². The molecule has 0 aliphatic rings. The zero-order valence-corrected chi connectivity index (χ0v) is 26.6. The fourth-order valence-electron chi connectivity index (χ4n) is 4.09. The van der Waals surface area contributed by atoms with Gasteiger partial charge in [0, 0.05) is 35.9 Å². The number of methoxy groups -OCH3 is 6. The molecule has 1 aromatic heterocycles. The number of hydrogen-bond donors (Lipinski definition) is 0. The number of hydrogen-bond acceptors (Lipinski definition) is 6. The van der Waals surface area contributed by atoms with E-state index in [0.717, 1.165) is 33.6 Å². The van der Waals surface area contributed by atoms with E-state index in [1.54, 1.807) is 42.7 Å². The third kappa shape index (κ3) is 9.77. The number of nitrogens with one attached hydrogen (secondary N) is 1. The molecule has 234 valence electrons. The molecule has 0 unspecified atom stereocenters. The van der Waals surface area contributed by atoms with Crippen LogP contribution in [-0.4, -0.2) is 62.1 Å². The molecular weight excluding hydrogens is 694 g/mol. The summed E-state index contributed by atoms with van der Waals surface area (Å²) in [5, 5.41) is 0. The number of aromatic amines is 1. The van der Waals surface area contributed by atoms with Crippen molar-refractivity contribution in [2.45, 2.75) is 0 Å². The molecule has 1 heterocycles. The monoisotopic (exact) mass is 723 g/mol. The summed E-state index contributed by atoms with van der Waals surface area (Å²) in [5.41, 5.74) is 5.29. The molecule has 4 aromatic rings. The second-order valence-electron chi connectivity index (χ2n) is 8.85. The standard InChI is InChI=1S/C29H29NO6.6FH.Sb/c1-31-19-7-10-22(27(15-19)34-4)18-13-25(23-11-8-20(32-2)16-28(23)35-5)30-26(14-18)24-12-9-21(33-3)17-29(24)36-6;;;;;;;/h7-17H,1-6H3;6*1H;/q;;;;;;;+5/p-5. The Balaban J connectivity index is 0.000000646. The second kappa shape index (κ2) is 12.3. The first-order valence-corrected chi connectivity index (χ1v) is 18.1. The molecule has 0 radical (unpaired) electrons. The van der Waals surface area contributed by atoms with Gasteiger partial charge in [0.1, 0.15) is 34.5 Å². The van der Waals surface area contributed by atoms with Gasteiger partial charge in [-0.2, -0.15) is 0 Å². The number of halogens is 6. The molecule has 0 aliphatic heterocycles. The summed E-state index contributed by atoms with van der Waals surface area (Å²) >= 11 is -11.2. The van der Waals surface area contributed by atoms with Crippen molar-refractivity contribution in [1.29, 1.82) is 0 Å². The van der Waals surface area contributed by atoms with Crippen LogP contribution in [-0.2, 0) is 0 Å². The summed E-state index contributed by atoms with van der Waals surface area (Å²) in [5.74, 6) is 4.18. The number of benzene rings is 3. The average molecular weight is 724 g/mol. The molecule has 4 rings (SSSR count). The summed E-state index contributed by atoms with van der Waals surface area (Å²) in [4.78, 5) is 3.56. The summed E-state index contributed by atoms with van der Waals surface area (Å²) in [6.45, 7) is 0. The summed E-state index contributed by atoms with van der Waals surface area (Å²) in [7, 11) is 9.82. The van der Waals surface area contributed by atoms with Crippen molar-refractivity contribution in [2.24, 2.45) is 0 Å². The predicted octanol–water partition coefficient (Wildman–Crippen LogP) is 7.69. The normalized spacial score (nSPS) is 12.6. The van der Waals surface area contributed by atoms with Crippen LogP contribution in [0.2, 0.25) is 0 Å². The van der Waals surface area contributed by atoms with Crippen LogP contribution in [0.4, 0.5) is 16.9 Å². The van der Waals surface area contributed by atoms with Gasteiger partial charge in [0.2, 0.25) is 11.4 Å². The molecular formula is C29H30F6NO6Sb. The number of H-pyrrole nitrogens is 1. The quantitative estimate of drug-likeness (QED) is 0.130. The van der Waals surface area contributed by atoms with Gasteiger partial charge < -0.3 is 28.4 Å². The van der Waals surface area contributed by atoms with Gasteiger partial charge >= 0.3 is 36.4 Å². The Morgan fingerprint density at radius 1 is 0.442 bits per heavy atom. The zero-order valence-electron chi connectivity index (χ0n) is 24.0. The van der Waals surface area contributed by atoms with Gasteiger partial charge in [0.15, 0.2) is 0 Å². The molecule has 3 aromatic carbocycles. The van der Waals surface area contributed by atoms with Gasteiger partial charge in [-0.15, -0.1) is 0 Å². The van der Waals surface area contributed by atoms with E-state index >= 15 is 0 Å². The van der Waals surface area contributed by atoms with Crippen LogP contribution in [0.1, 0.15) is 0 Å². The first-order valence-electron chi connectivity index (χ1n) is 12.3. The Labute approximate surface area is 246 Å². The summed E-state index contributed by atoms with van der Waals surface area (Å²) < 4.78 is 92.8. The predicted molar refractivity (Wildman–Crippen MR) is 151 cm³/mol. The molecule has 14 heteroatoms. The van der Waals surface area contributed by atoms with E-state index in [0.29, 0.717) is 34.5 Å². The summed E-state index contributed by atoms with van der Waals surface area (Å²) in [6.07, 6.45) is 0. The molecule has 0 spiro atoms. The first-order chi connectivity index (χ1) is 20.0. The third-order valence-electron chi connectivity index (χ3n) is 5.99. The van der Waals surface area contributed by atoms with Crippen LogP contribution in [0.15, 0.2) is 66.7 Å². The van der Waals surface area contributed by atoms with Crippen molar-refractivity contribution >= 4 is 19.5 Å². The topological polar surface area (TPSA) is 69.5 Å². The third-order valence-corrected chi connectivity index (χ3v) is 5.99. The van der Waals surface area contributed by atoms with Crippen molar-refractivity contribution in [2.75, 3.05) is 42.7 Å². The molecule has 0 atom stereocenters. The average Bonchev–Trinajstić information content (AvgIpc) is 2.98. The Hall–Kier alpha value is -3.99. The van der Waals surface area contributed by atoms with Crippen molar-refractivity contribution < 1.29 is 50.3 Å². The molecule has 0 saturated carbocycles. The fraction of sp³-hybridized carbons (Fsp3) is 0.207. The van der Waals surface area contributed by atoms with E-state index in [1.165, 1.54) is 0 Å². The maximum absolute atomic E-state index is 11.2. The maximum atomic E-state index is 9.93.